The number of anilines is 1. The summed E-state index contributed by atoms with van der Waals surface area (Å²) in [5.41, 5.74) is 0.0779. The van der Waals surface area contributed by atoms with Crippen molar-refractivity contribution in [3.05, 3.63) is 58.1 Å². The fourth-order valence-corrected chi connectivity index (χ4v) is 1.92. The largest absolute Gasteiger partial charge is 0.493 e. The van der Waals surface area contributed by atoms with Gasteiger partial charge in [-0.15, -0.1) is 0 Å². The first kappa shape index (κ1) is 15.3. The number of nitrogens with zero attached hydrogens (tertiary/aromatic N) is 1. The molecule has 114 valence electrons. The Bertz CT molecular complexity index is 701. The Morgan fingerprint density at radius 2 is 1.68 bits per heavy atom. The SMILES string of the molecule is COc1cc(C(=O)Nc2ccccc2)c([N+](=O)[O-])cc1OC. The zero-order chi connectivity index (χ0) is 16.1. The number of nitro groups is 1. The fraction of sp³-hybridized carbons (Fsp3) is 0.133. The van der Waals surface area contributed by atoms with Crippen molar-refractivity contribution in [1.29, 1.82) is 0 Å². The van der Waals surface area contributed by atoms with E-state index >= 15 is 0 Å². The first-order valence-electron chi connectivity index (χ1n) is 6.33. The molecule has 2 aromatic carbocycles. The van der Waals surface area contributed by atoms with Crippen LogP contribution in [0, 0.1) is 10.1 Å². The van der Waals surface area contributed by atoms with Gasteiger partial charge in [0.25, 0.3) is 11.6 Å². The maximum atomic E-state index is 12.3. The van der Waals surface area contributed by atoms with Gasteiger partial charge in [0.15, 0.2) is 11.5 Å². The lowest BCUT2D eigenvalue weighted by Crippen LogP contribution is -2.14. The van der Waals surface area contributed by atoms with E-state index in [1.165, 1.54) is 26.4 Å². The lowest BCUT2D eigenvalue weighted by molar-refractivity contribution is -0.385. The number of carbonyl (C=O) groups excluding carboxylic acids is 1. The molecule has 1 N–H and O–H groups in total. The molecule has 1 amide bonds. The number of hydrogen-bond donors (Lipinski definition) is 1. The van der Waals surface area contributed by atoms with E-state index in [2.05, 4.69) is 5.32 Å². The molecular weight excluding hydrogens is 288 g/mol. The smallest absolute Gasteiger partial charge is 0.286 e. The molecule has 0 radical (unpaired) electrons. The normalized spacial score (nSPS) is 9.91. The number of nitro benzene ring substituents is 1. The zero-order valence-corrected chi connectivity index (χ0v) is 12.0. The van der Waals surface area contributed by atoms with Gasteiger partial charge in [-0.1, -0.05) is 18.2 Å². The molecule has 7 nitrogen and oxygen atoms in total. The van der Waals surface area contributed by atoms with Crippen molar-refractivity contribution in [2.24, 2.45) is 0 Å². The third kappa shape index (κ3) is 3.14. The first-order chi connectivity index (χ1) is 10.6. The van der Waals surface area contributed by atoms with Crippen molar-refractivity contribution in [2.45, 2.75) is 0 Å². The highest BCUT2D eigenvalue weighted by Crippen LogP contribution is 2.34. The van der Waals surface area contributed by atoms with Crippen LogP contribution in [0.25, 0.3) is 0 Å². The quantitative estimate of drug-likeness (QED) is 0.677. The average molecular weight is 302 g/mol. The first-order valence-corrected chi connectivity index (χ1v) is 6.33. The van der Waals surface area contributed by atoms with Crippen LogP contribution in [-0.2, 0) is 0 Å². The summed E-state index contributed by atoms with van der Waals surface area (Å²) in [6.45, 7) is 0. The molecule has 0 fully saturated rings. The maximum absolute atomic E-state index is 12.3. The molecule has 2 aromatic rings. The Morgan fingerprint density at radius 3 is 2.23 bits per heavy atom. The van der Waals surface area contributed by atoms with Crippen LogP contribution in [0.1, 0.15) is 10.4 Å². The van der Waals surface area contributed by atoms with Gasteiger partial charge < -0.3 is 14.8 Å². The number of hydrogen-bond acceptors (Lipinski definition) is 5. The minimum Gasteiger partial charge on any atom is -0.493 e. The topological polar surface area (TPSA) is 90.7 Å². The molecule has 7 heteroatoms. The molecule has 0 saturated carbocycles. The average Bonchev–Trinajstić information content (AvgIpc) is 2.54. The van der Waals surface area contributed by atoms with E-state index in [1.54, 1.807) is 30.3 Å². The van der Waals surface area contributed by atoms with E-state index in [1.807, 2.05) is 0 Å². The van der Waals surface area contributed by atoms with Gasteiger partial charge in [-0.05, 0) is 12.1 Å². The Morgan fingerprint density at radius 1 is 1.09 bits per heavy atom. The van der Waals surface area contributed by atoms with Gasteiger partial charge in [-0.2, -0.15) is 0 Å². The van der Waals surface area contributed by atoms with Crippen LogP contribution in [-0.4, -0.2) is 25.1 Å². The molecule has 0 aliphatic carbocycles. The fourth-order valence-electron chi connectivity index (χ4n) is 1.92. The lowest BCUT2D eigenvalue weighted by Gasteiger charge is -2.11. The number of rotatable bonds is 5. The lowest BCUT2D eigenvalue weighted by atomic mass is 10.1. The number of methoxy groups -OCH3 is 2. The summed E-state index contributed by atoms with van der Waals surface area (Å²) < 4.78 is 10.1. The minimum atomic E-state index is -0.637. The van der Waals surface area contributed by atoms with Crippen molar-refractivity contribution < 1.29 is 19.2 Å². The van der Waals surface area contributed by atoms with Gasteiger partial charge in [-0.25, -0.2) is 0 Å². The second kappa shape index (κ2) is 6.57. The highest BCUT2D eigenvalue weighted by molar-refractivity contribution is 6.07. The van der Waals surface area contributed by atoms with Crippen molar-refractivity contribution in [2.75, 3.05) is 19.5 Å². The number of benzene rings is 2. The summed E-state index contributed by atoms with van der Waals surface area (Å²) >= 11 is 0. The molecular formula is C15H14N2O5. The van der Waals surface area contributed by atoms with Crippen LogP contribution in [0.3, 0.4) is 0 Å². The summed E-state index contributed by atoms with van der Waals surface area (Å²) in [7, 11) is 2.76. The van der Waals surface area contributed by atoms with E-state index in [0.29, 0.717) is 5.69 Å². The third-order valence-corrected chi connectivity index (χ3v) is 2.97. The van der Waals surface area contributed by atoms with Crippen molar-refractivity contribution in [3.63, 3.8) is 0 Å². The highest BCUT2D eigenvalue weighted by atomic mass is 16.6. The maximum Gasteiger partial charge on any atom is 0.286 e. The monoisotopic (exact) mass is 302 g/mol. The molecule has 0 aliphatic heterocycles. The van der Waals surface area contributed by atoms with Crippen molar-refractivity contribution in [3.8, 4) is 11.5 Å². The Balaban J connectivity index is 2.44. The van der Waals surface area contributed by atoms with Gasteiger partial charge in [0, 0.05) is 11.8 Å². The Hall–Kier alpha value is -3.09. The van der Waals surface area contributed by atoms with Crippen molar-refractivity contribution in [1.82, 2.24) is 0 Å². The van der Waals surface area contributed by atoms with Crippen LogP contribution in [0.15, 0.2) is 42.5 Å². The zero-order valence-electron chi connectivity index (χ0n) is 12.0. The van der Waals surface area contributed by atoms with Gasteiger partial charge >= 0.3 is 0 Å². The van der Waals surface area contributed by atoms with E-state index in [-0.39, 0.29) is 22.7 Å². The summed E-state index contributed by atoms with van der Waals surface area (Å²) in [6.07, 6.45) is 0. The van der Waals surface area contributed by atoms with Crippen LogP contribution < -0.4 is 14.8 Å². The molecule has 0 bridgehead atoms. The van der Waals surface area contributed by atoms with Gasteiger partial charge in [0.1, 0.15) is 5.56 Å². The predicted molar refractivity (Wildman–Crippen MR) is 80.6 cm³/mol. The molecule has 0 aliphatic rings. The number of carbonyl (C=O) groups is 1. The number of amides is 1. The van der Waals surface area contributed by atoms with Crippen molar-refractivity contribution >= 4 is 17.3 Å². The van der Waals surface area contributed by atoms with Gasteiger partial charge in [0.2, 0.25) is 0 Å². The minimum absolute atomic E-state index is 0.105. The summed E-state index contributed by atoms with van der Waals surface area (Å²) in [5, 5.41) is 13.8. The Kier molecular flexibility index (Phi) is 4.57. The molecule has 0 spiro atoms. The second-order valence-corrected chi connectivity index (χ2v) is 4.30. The van der Waals surface area contributed by atoms with E-state index in [4.69, 9.17) is 9.47 Å². The van der Waals surface area contributed by atoms with E-state index in [0.717, 1.165) is 0 Å². The molecule has 22 heavy (non-hydrogen) atoms. The summed E-state index contributed by atoms with van der Waals surface area (Å²) in [6, 6.07) is 11.1. The number of nitrogens with one attached hydrogen (secondary N) is 1. The summed E-state index contributed by atoms with van der Waals surface area (Å²) in [4.78, 5) is 22.8. The molecule has 0 saturated heterocycles. The molecule has 0 atom stereocenters. The highest BCUT2D eigenvalue weighted by Gasteiger charge is 2.24. The number of ether oxygens (including phenoxy) is 2. The number of para-hydroxylation sites is 1. The van der Waals surface area contributed by atoms with E-state index < -0.39 is 10.8 Å². The molecule has 2 rings (SSSR count). The standard InChI is InChI=1S/C15H14N2O5/c1-21-13-8-11(12(17(19)20)9-14(13)22-2)15(18)16-10-6-4-3-5-7-10/h3-9H,1-2H3,(H,16,18). The van der Waals surface area contributed by atoms with Gasteiger partial charge in [-0.3, -0.25) is 14.9 Å². The van der Waals surface area contributed by atoms with E-state index in [9.17, 15) is 14.9 Å². The van der Waals surface area contributed by atoms with Crippen LogP contribution in [0.4, 0.5) is 11.4 Å². The molecule has 0 heterocycles. The summed E-state index contributed by atoms with van der Waals surface area (Å²) in [5.74, 6) is -0.171. The Labute approximate surface area is 126 Å². The predicted octanol–water partition coefficient (Wildman–Crippen LogP) is 2.86. The second-order valence-electron chi connectivity index (χ2n) is 4.30. The van der Waals surface area contributed by atoms with Crippen LogP contribution in [0.2, 0.25) is 0 Å². The third-order valence-electron chi connectivity index (χ3n) is 2.97. The van der Waals surface area contributed by atoms with Crippen LogP contribution >= 0.6 is 0 Å². The van der Waals surface area contributed by atoms with Gasteiger partial charge in [0.05, 0.1) is 25.2 Å². The molecule has 0 aromatic heterocycles. The molecule has 0 unspecified atom stereocenters. The van der Waals surface area contributed by atoms with Crippen LogP contribution in [0.5, 0.6) is 11.5 Å².